The molecular weight excluding hydrogens is 326 g/mol. The van der Waals surface area contributed by atoms with E-state index in [0.29, 0.717) is 11.8 Å². The summed E-state index contributed by atoms with van der Waals surface area (Å²) in [7, 11) is 0. The van der Waals surface area contributed by atoms with Gasteiger partial charge in [0.25, 0.3) is 0 Å². The SMILES string of the molecule is CC(C)CNCC(C)(CCOc1cccc(Br)c1)C(C)C. The van der Waals surface area contributed by atoms with E-state index in [9.17, 15) is 0 Å². The molecule has 1 aromatic carbocycles. The van der Waals surface area contributed by atoms with Crippen LogP contribution >= 0.6 is 15.9 Å². The van der Waals surface area contributed by atoms with Crippen LogP contribution < -0.4 is 10.1 Å². The zero-order chi connectivity index (χ0) is 15.9. The van der Waals surface area contributed by atoms with E-state index in [1.54, 1.807) is 0 Å². The van der Waals surface area contributed by atoms with Crippen molar-refractivity contribution in [1.82, 2.24) is 5.32 Å². The quantitative estimate of drug-likeness (QED) is 0.663. The highest BCUT2D eigenvalue weighted by atomic mass is 79.9. The molecule has 0 aliphatic rings. The maximum atomic E-state index is 5.90. The smallest absolute Gasteiger partial charge is 0.120 e. The normalized spacial score (nSPS) is 14.5. The van der Waals surface area contributed by atoms with Gasteiger partial charge < -0.3 is 10.1 Å². The van der Waals surface area contributed by atoms with Crippen molar-refractivity contribution >= 4 is 15.9 Å². The lowest BCUT2D eigenvalue weighted by Crippen LogP contribution is -2.38. The second kappa shape index (κ2) is 8.79. The van der Waals surface area contributed by atoms with Crippen LogP contribution in [0.15, 0.2) is 28.7 Å². The molecule has 0 radical (unpaired) electrons. The molecule has 0 aliphatic heterocycles. The van der Waals surface area contributed by atoms with Crippen molar-refractivity contribution in [2.24, 2.45) is 17.3 Å². The van der Waals surface area contributed by atoms with Crippen LogP contribution in [-0.4, -0.2) is 19.7 Å². The summed E-state index contributed by atoms with van der Waals surface area (Å²) in [5.74, 6) is 2.26. The van der Waals surface area contributed by atoms with Crippen LogP contribution in [0, 0.1) is 17.3 Å². The summed E-state index contributed by atoms with van der Waals surface area (Å²) < 4.78 is 6.96. The van der Waals surface area contributed by atoms with E-state index in [4.69, 9.17) is 4.74 Å². The monoisotopic (exact) mass is 355 g/mol. The molecule has 1 aromatic rings. The average Bonchev–Trinajstić information content (AvgIpc) is 2.38. The Morgan fingerprint density at radius 2 is 1.95 bits per heavy atom. The molecule has 3 heteroatoms. The Balaban J connectivity index is 2.46. The number of hydrogen-bond acceptors (Lipinski definition) is 2. The molecule has 0 aliphatic carbocycles. The van der Waals surface area contributed by atoms with Crippen LogP contribution in [0.25, 0.3) is 0 Å². The second-order valence-corrected chi connectivity index (χ2v) is 7.80. The molecule has 0 saturated carbocycles. The third kappa shape index (κ3) is 6.84. The Morgan fingerprint density at radius 1 is 1.24 bits per heavy atom. The summed E-state index contributed by atoms with van der Waals surface area (Å²) in [6, 6.07) is 8.05. The van der Waals surface area contributed by atoms with Crippen LogP contribution in [-0.2, 0) is 0 Å². The Labute approximate surface area is 138 Å². The minimum Gasteiger partial charge on any atom is -0.494 e. The number of rotatable bonds is 9. The predicted octanol–water partition coefficient (Wildman–Crippen LogP) is 5.13. The maximum Gasteiger partial charge on any atom is 0.120 e. The van der Waals surface area contributed by atoms with Gasteiger partial charge in [0.2, 0.25) is 0 Å². The number of halogens is 1. The molecule has 0 spiro atoms. The van der Waals surface area contributed by atoms with Crippen LogP contribution in [0.2, 0.25) is 0 Å². The van der Waals surface area contributed by atoms with Crippen molar-refractivity contribution in [2.75, 3.05) is 19.7 Å². The van der Waals surface area contributed by atoms with E-state index >= 15 is 0 Å². The lowest BCUT2D eigenvalue weighted by Gasteiger charge is -2.34. The molecule has 0 fully saturated rings. The van der Waals surface area contributed by atoms with Gasteiger partial charge in [0, 0.05) is 11.0 Å². The highest BCUT2D eigenvalue weighted by molar-refractivity contribution is 9.10. The molecule has 1 N–H and O–H groups in total. The summed E-state index contributed by atoms with van der Waals surface area (Å²) in [5, 5.41) is 3.60. The Kier molecular flexibility index (Phi) is 7.75. The number of hydrogen-bond donors (Lipinski definition) is 1. The number of benzene rings is 1. The summed E-state index contributed by atoms with van der Waals surface area (Å²) in [5.41, 5.74) is 0.265. The fraction of sp³-hybridized carbons (Fsp3) is 0.667. The third-order valence-corrected chi connectivity index (χ3v) is 4.71. The maximum absolute atomic E-state index is 5.90. The van der Waals surface area contributed by atoms with Gasteiger partial charge in [-0.2, -0.15) is 0 Å². The van der Waals surface area contributed by atoms with Crippen molar-refractivity contribution in [3.8, 4) is 5.75 Å². The van der Waals surface area contributed by atoms with Gasteiger partial charge in [-0.15, -0.1) is 0 Å². The zero-order valence-corrected chi connectivity index (χ0v) is 15.7. The molecule has 1 atom stereocenters. The largest absolute Gasteiger partial charge is 0.494 e. The highest BCUT2D eigenvalue weighted by Gasteiger charge is 2.28. The molecule has 1 rings (SSSR count). The van der Waals surface area contributed by atoms with Gasteiger partial charge in [0.15, 0.2) is 0 Å². The van der Waals surface area contributed by atoms with E-state index in [0.717, 1.165) is 36.3 Å². The molecule has 0 saturated heterocycles. The molecule has 0 bridgehead atoms. The average molecular weight is 356 g/mol. The molecule has 1 unspecified atom stereocenters. The third-order valence-electron chi connectivity index (χ3n) is 4.21. The fourth-order valence-corrected chi connectivity index (χ4v) is 2.56. The Hall–Kier alpha value is -0.540. The first-order chi connectivity index (χ1) is 9.83. The predicted molar refractivity (Wildman–Crippen MR) is 94.9 cm³/mol. The first-order valence-corrected chi connectivity index (χ1v) is 8.72. The molecule has 120 valence electrons. The second-order valence-electron chi connectivity index (χ2n) is 6.89. The zero-order valence-electron chi connectivity index (χ0n) is 14.1. The van der Waals surface area contributed by atoms with Crippen LogP contribution in [0.4, 0.5) is 0 Å². The van der Waals surface area contributed by atoms with Crippen molar-refractivity contribution < 1.29 is 4.74 Å². The fourth-order valence-electron chi connectivity index (χ4n) is 2.19. The summed E-state index contributed by atoms with van der Waals surface area (Å²) in [6.07, 6.45) is 1.06. The van der Waals surface area contributed by atoms with Crippen molar-refractivity contribution in [3.63, 3.8) is 0 Å². The van der Waals surface area contributed by atoms with Gasteiger partial charge in [-0.05, 0) is 48.4 Å². The van der Waals surface area contributed by atoms with Crippen LogP contribution in [0.1, 0.15) is 41.0 Å². The highest BCUT2D eigenvalue weighted by Crippen LogP contribution is 2.30. The summed E-state index contributed by atoms with van der Waals surface area (Å²) in [6.45, 7) is 14.3. The lowest BCUT2D eigenvalue weighted by molar-refractivity contribution is 0.149. The van der Waals surface area contributed by atoms with Gasteiger partial charge in [0.1, 0.15) is 5.75 Å². The standard InChI is InChI=1S/C18H30BrNO/c1-14(2)12-20-13-18(5,15(3)4)9-10-21-17-8-6-7-16(19)11-17/h6-8,11,14-15,20H,9-10,12-13H2,1-5H3. The van der Waals surface area contributed by atoms with E-state index in [2.05, 4.69) is 55.9 Å². The van der Waals surface area contributed by atoms with Crippen molar-refractivity contribution in [3.05, 3.63) is 28.7 Å². The van der Waals surface area contributed by atoms with Crippen molar-refractivity contribution in [1.29, 1.82) is 0 Å². The summed E-state index contributed by atoms with van der Waals surface area (Å²) in [4.78, 5) is 0. The minimum absolute atomic E-state index is 0.265. The van der Waals surface area contributed by atoms with Gasteiger partial charge in [-0.25, -0.2) is 0 Å². The molecule has 0 amide bonds. The minimum atomic E-state index is 0.265. The van der Waals surface area contributed by atoms with Gasteiger partial charge in [-0.1, -0.05) is 56.6 Å². The van der Waals surface area contributed by atoms with Gasteiger partial charge >= 0.3 is 0 Å². The number of nitrogens with one attached hydrogen (secondary N) is 1. The molecule has 21 heavy (non-hydrogen) atoms. The number of ether oxygens (including phenoxy) is 1. The molecule has 2 nitrogen and oxygen atoms in total. The topological polar surface area (TPSA) is 21.3 Å². The van der Waals surface area contributed by atoms with E-state index in [1.807, 2.05) is 24.3 Å². The summed E-state index contributed by atoms with van der Waals surface area (Å²) >= 11 is 3.47. The lowest BCUT2D eigenvalue weighted by atomic mass is 9.76. The molecule has 0 heterocycles. The van der Waals surface area contributed by atoms with Crippen molar-refractivity contribution in [2.45, 2.75) is 41.0 Å². The van der Waals surface area contributed by atoms with Crippen LogP contribution in [0.5, 0.6) is 5.75 Å². The van der Waals surface area contributed by atoms with Gasteiger partial charge in [-0.3, -0.25) is 0 Å². The first-order valence-electron chi connectivity index (χ1n) is 7.92. The molecule has 0 aromatic heterocycles. The van der Waals surface area contributed by atoms with E-state index in [-0.39, 0.29) is 5.41 Å². The Bertz CT molecular complexity index is 419. The van der Waals surface area contributed by atoms with E-state index in [1.165, 1.54) is 0 Å². The first kappa shape index (κ1) is 18.5. The van der Waals surface area contributed by atoms with Crippen LogP contribution in [0.3, 0.4) is 0 Å². The molecular formula is C18H30BrNO. The van der Waals surface area contributed by atoms with E-state index < -0.39 is 0 Å². The Morgan fingerprint density at radius 3 is 2.52 bits per heavy atom. The van der Waals surface area contributed by atoms with Gasteiger partial charge in [0.05, 0.1) is 6.61 Å².